The second-order valence-corrected chi connectivity index (χ2v) is 5.03. The Hall–Kier alpha value is -0.0800. The van der Waals surface area contributed by atoms with Gasteiger partial charge in [0, 0.05) is 12.6 Å². The summed E-state index contributed by atoms with van der Waals surface area (Å²) in [7, 11) is 6.62. The molecule has 0 aromatic rings. The molecule has 1 heterocycles. The molecule has 0 spiro atoms. The molecule has 13 heavy (non-hydrogen) atoms. The minimum absolute atomic E-state index is 0.789. The minimum Gasteiger partial charge on any atom is -0.309 e. The molecule has 0 aliphatic carbocycles. The molecule has 2 nitrogen and oxygen atoms in total. The topological polar surface area (TPSA) is 6.48 Å². The van der Waals surface area contributed by atoms with Crippen LogP contribution in [0.25, 0.3) is 0 Å². The molecule has 0 saturated carbocycles. The zero-order chi connectivity index (χ0) is 10.0. The van der Waals surface area contributed by atoms with E-state index in [-0.39, 0.29) is 0 Å². The minimum atomic E-state index is 0.789. The maximum Gasteiger partial charge on any atom is 0.0156 e. The Morgan fingerprint density at radius 1 is 1.38 bits per heavy atom. The van der Waals surface area contributed by atoms with Crippen molar-refractivity contribution < 1.29 is 0 Å². The van der Waals surface area contributed by atoms with E-state index in [2.05, 4.69) is 44.8 Å². The van der Waals surface area contributed by atoms with Crippen molar-refractivity contribution in [1.29, 1.82) is 0 Å². The second-order valence-electron chi connectivity index (χ2n) is 5.03. The molecule has 2 atom stereocenters. The van der Waals surface area contributed by atoms with E-state index in [4.69, 9.17) is 0 Å². The fourth-order valence-corrected chi connectivity index (χ4v) is 2.77. The average molecular weight is 184 g/mol. The molecule has 0 aromatic carbocycles. The zero-order valence-electron chi connectivity index (χ0n) is 9.75. The molecule has 1 aliphatic rings. The van der Waals surface area contributed by atoms with Crippen molar-refractivity contribution in [3.8, 4) is 0 Å². The van der Waals surface area contributed by atoms with Crippen molar-refractivity contribution in [2.75, 3.05) is 34.2 Å². The van der Waals surface area contributed by atoms with Gasteiger partial charge in [-0.2, -0.15) is 0 Å². The van der Waals surface area contributed by atoms with Crippen LogP contribution >= 0.6 is 0 Å². The number of hydrogen-bond acceptors (Lipinski definition) is 2. The fraction of sp³-hybridized carbons (Fsp3) is 1.00. The lowest BCUT2D eigenvalue weighted by molar-refractivity contribution is 0.186. The number of rotatable bonds is 3. The van der Waals surface area contributed by atoms with E-state index in [0.29, 0.717) is 0 Å². The van der Waals surface area contributed by atoms with Crippen LogP contribution in [0, 0.1) is 11.8 Å². The summed E-state index contributed by atoms with van der Waals surface area (Å²) in [5, 5.41) is 0. The van der Waals surface area contributed by atoms with Gasteiger partial charge in [-0.25, -0.2) is 0 Å². The van der Waals surface area contributed by atoms with Gasteiger partial charge in [-0.05, 0) is 45.9 Å². The Labute approximate surface area is 82.9 Å². The Morgan fingerprint density at radius 3 is 2.46 bits per heavy atom. The molecule has 2 heteroatoms. The van der Waals surface area contributed by atoms with E-state index in [1.165, 1.54) is 19.5 Å². The molecule has 1 rings (SSSR count). The van der Waals surface area contributed by atoms with Crippen molar-refractivity contribution in [1.82, 2.24) is 9.80 Å². The Balaban J connectivity index is 2.54. The Morgan fingerprint density at radius 2 is 2.00 bits per heavy atom. The molecular weight excluding hydrogens is 160 g/mol. The summed E-state index contributed by atoms with van der Waals surface area (Å²) in [6, 6.07) is 0.794. The van der Waals surface area contributed by atoms with E-state index < -0.39 is 0 Å². The highest BCUT2D eigenvalue weighted by Gasteiger charge is 2.33. The van der Waals surface area contributed by atoms with Crippen molar-refractivity contribution in [3.05, 3.63) is 0 Å². The van der Waals surface area contributed by atoms with Gasteiger partial charge in [0.25, 0.3) is 0 Å². The van der Waals surface area contributed by atoms with Crippen molar-refractivity contribution in [3.63, 3.8) is 0 Å². The lowest BCUT2D eigenvalue weighted by Gasteiger charge is -2.30. The van der Waals surface area contributed by atoms with Crippen LogP contribution in [-0.4, -0.2) is 50.1 Å². The van der Waals surface area contributed by atoms with E-state index in [9.17, 15) is 0 Å². The summed E-state index contributed by atoms with van der Waals surface area (Å²) in [6.45, 7) is 7.21. The van der Waals surface area contributed by atoms with Crippen LogP contribution in [0.4, 0.5) is 0 Å². The van der Waals surface area contributed by atoms with Crippen LogP contribution in [0.5, 0.6) is 0 Å². The highest BCUT2D eigenvalue weighted by Crippen LogP contribution is 2.28. The van der Waals surface area contributed by atoms with E-state index in [1.54, 1.807) is 0 Å². The summed E-state index contributed by atoms with van der Waals surface area (Å²) >= 11 is 0. The van der Waals surface area contributed by atoms with E-state index in [0.717, 1.165) is 17.9 Å². The van der Waals surface area contributed by atoms with Crippen LogP contribution in [0.2, 0.25) is 0 Å². The molecule has 1 aliphatic heterocycles. The maximum absolute atomic E-state index is 2.53. The van der Waals surface area contributed by atoms with Crippen molar-refractivity contribution in [2.24, 2.45) is 11.8 Å². The SMILES string of the molecule is CC(C)C1C(CN(C)C)CCN1C. The first kappa shape index (κ1) is 11.0. The second kappa shape index (κ2) is 4.43. The summed E-state index contributed by atoms with van der Waals surface area (Å²) in [5.74, 6) is 1.66. The molecule has 0 bridgehead atoms. The van der Waals surface area contributed by atoms with Crippen molar-refractivity contribution in [2.45, 2.75) is 26.3 Å². The normalized spacial score (nSPS) is 30.7. The number of likely N-dealkylation sites (tertiary alicyclic amines) is 1. The quantitative estimate of drug-likeness (QED) is 0.656. The third kappa shape index (κ3) is 2.68. The molecule has 1 saturated heterocycles. The highest BCUT2D eigenvalue weighted by atomic mass is 15.2. The summed E-state index contributed by atoms with van der Waals surface area (Å²) in [5.41, 5.74) is 0. The first-order valence-corrected chi connectivity index (χ1v) is 5.37. The van der Waals surface area contributed by atoms with Gasteiger partial charge in [-0.3, -0.25) is 0 Å². The Bertz CT molecular complexity index is 154. The molecule has 0 aromatic heterocycles. The number of hydrogen-bond donors (Lipinski definition) is 0. The van der Waals surface area contributed by atoms with Gasteiger partial charge in [0.2, 0.25) is 0 Å². The standard InChI is InChI=1S/C11H24N2/c1-9(2)11-10(8-12(3)4)6-7-13(11)5/h9-11H,6-8H2,1-5H3. The van der Waals surface area contributed by atoms with Gasteiger partial charge in [0.15, 0.2) is 0 Å². The van der Waals surface area contributed by atoms with Gasteiger partial charge >= 0.3 is 0 Å². The fourth-order valence-electron chi connectivity index (χ4n) is 2.77. The lowest BCUT2D eigenvalue weighted by atomic mass is 9.91. The van der Waals surface area contributed by atoms with E-state index >= 15 is 0 Å². The highest BCUT2D eigenvalue weighted by molar-refractivity contribution is 4.88. The molecule has 78 valence electrons. The molecule has 0 amide bonds. The van der Waals surface area contributed by atoms with Gasteiger partial charge < -0.3 is 9.80 Å². The Kier molecular flexibility index (Phi) is 3.74. The largest absolute Gasteiger partial charge is 0.309 e. The first-order chi connectivity index (χ1) is 6.02. The summed E-state index contributed by atoms with van der Waals surface area (Å²) in [6.07, 6.45) is 1.37. The predicted octanol–water partition coefficient (Wildman–Crippen LogP) is 1.52. The molecule has 1 fully saturated rings. The van der Waals surface area contributed by atoms with Gasteiger partial charge in [-0.1, -0.05) is 13.8 Å². The average Bonchev–Trinajstić information content (AvgIpc) is 2.30. The number of nitrogens with zero attached hydrogens (tertiary/aromatic N) is 2. The summed E-state index contributed by atoms with van der Waals surface area (Å²) in [4.78, 5) is 4.85. The van der Waals surface area contributed by atoms with Gasteiger partial charge in [-0.15, -0.1) is 0 Å². The van der Waals surface area contributed by atoms with Crippen LogP contribution in [0.15, 0.2) is 0 Å². The van der Waals surface area contributed by atoms with Gasteiger partial charge in [0.05, 0.1) is 0 Å². The van der Waals surface area contributed by atoms with Gasteiger partial charge in [0.1, 0.15) is 0 Å². The van der Waals surface area contributed by atoms with Crippen molar-refractivity contribution >= 4 is 0 Å². The molecule has 2 unspecified atom stereocenters. The smallest absolute Gasteiger partial charge is 0.0156 e. The first-order valence-electron chi connectivity index (χ1n) is 5.37. The monoisotopic (exact) mass is 184 g/mol. The maximum atomic E-state index is 2.53. The van der Waals surface area contributed by atoms with Crippen LogP contribution in [-0.2, 0) is 0 Å². The van der Waals surface area contributed by atoms with Crippen LogP contribution < -0.4 is 0 Å². The summed E-state index contributed by atoms with van der Waals surface area (Å²) < 4.78 is 0. The molecule has 0 N–H and O–H groups in total. The third-order valence-electron chi connectivity index (χ3n) is 3.13. The lowest BCUT2D eigenvalue weighted by Crippen LogP contribution is -2.38. The predicted molar refractivity (Wildman–Crippen MR) is 57.9 cm³/mol. The molecule has 0 radical (unpaired) electrons. The zero-order valence-corrected chi connectivity index (χ0v) is 9.75. The van der Waals surface area contributed by atoms with Crippen LogP contribution in [0.1, 0.15) is 20.3 Å². The van der Waals surface area contributed by atoms with Crippen LogP contribution in [0.3, 0.4) is 0 Å². The molecular formula is C11H24N2. The van der Waals surface area contributed by atoms with E-state index in [1.807, 2.05) is 0 Å². The third-order valence-corrected chi connectivity index (χ3v) is 3.13.